The van der Waals surface area contributed by atoms with Crippen LogP contribution in [0.3, 0.4) is 0 Å². The molecule has 1 aliphatic rings. The Balaban J connectivity index is 0.000000155. The molecule has 0 N–H and O–H groups in total. The Hall–Kier alpha value is -5.35. The summed E-state index contributed by atoms with van der Waals surface area (Å²) in [5.41, 5.74) is 14.0. The van der Waals surface area contributed by atoms with Crippen LogP contribution in [0.4, 0.5) is 11.4 Å². The third-order valence-electron chi connectivity index (χ3n) is 9.82. The van der Waals surface area contributed by atoms with Crippen LogP contribution < -0.4 is 4.90 Å². The van der Waals surface area contributed by atoms with Gasteiger partial charge in [-0.1, -0.05) is 104 Å². The zero-order valence-electron chi connectivity index (χ0n) is 28.5. The number of aryl methyl sites for hydroxylation is 1. The van der Waals surface area contributed by atoms with E-state index in [-0.39, 0.29) is 25.5 Å². The Morgan fingerprint density at radius 1 is 0.580 bits per heavy atom. The maximum absolute atomic E-state index is 4.54. The van der Waals surface area contributed by atoms with Crippen molar-refractivity contribution >= 4 is 33.2 Å². The second-order valence-electron chi connectivity index (χ2n) is 13.0. The molecule has 0 bridgehead atoms. The zero-order chi connectivity index (χ0) is 33.5. The van der Waals surface area contributed by atoms with Gasteiger partial charge in [0.05, 0.1) is 0 Å². The summed E-state index contributed by atoms with van der Waals surface area (Å²) < 4.78 is 2.25. The number of pyridine rings is 2. The Morgan fingerprint density at radius 2 is 1.22 bits per heavy atom. The van der Waals surface area contributed by atoms with E-state index in [1.165, 1.54) is 55.4 Å². The molecule has 0 amide bonds. The van der Waals surface area contributed by atoms with Gasteiger partial charge in [-0.05, 0) is 75.0 Å². The number of benzene rings is 5. The predicted octanol–water partition coefficient (Wildman–Crippen LogP) is 10.8. The molecule has 0 saturated carbocycles. The quantitative estimate of drug-likeness (QED) is 0.166. The van der Waals surface area contributed by atoms with E-state index in [2.05, 4.69) is 144 Å². The summed E-state index contributed by atoms with van der Waals surface area (Å²) in [5, 5.41) is 2.50. The third-order valence-corrected chi connectivity index (χ3v) is 9.82. The molecule has 4 nitrogen and oxygen atoms in total. The van der Waals surface area contributed by atoms with Gasteiger partial charge in [-0.3, -0.25) is 0 Å². The molecule has 0 saturated heterocycles. The topological polar surface area (TPSA) is 34.0 Å². The first-order valence-electron chi connectivity index (χ1n) is 16.6. The molecule has 0 unspecified atom stereocenters. The third kappa shape index (κ3) is 5.63. The van der Waals surface area contributed by atoms with Crippen molar-refractivity contribution in [3.63, 3.8) is 0 Å². The van der Waals surface area contributed by atoms with Crippen LogP contribution in [0.2, 0.25) is 0 Å². The van der Waals surface area contributed by atoms with Crippen LogP contribution in [0.5, 0.6) is 0 Å². The molecule has 4 heterocycles. The number of fused-ring (bicyclic) bond motifs is 5. The van der Waals surface area contributed by atoms with Gasteiger partial charge in [-0.15, -0.1) is 47.5 Å². The molecule has 247 valence electrons. The van der Waals surface area contributed by atoms with Crippen LogP contribution in [-0.4, -0.2) is 21.6 Å². The van der Waals surface area contributed by atoms with Gasteiger partial charge in [0.1, 0.15) is 0 Å². The summed E-state index contributed by atoms with van der Waals surface area (Å²) >= 11 is 0. The van der Waals surface area contributed by atoms with E-state index in [4.69, 9.17) is 0 Å². The van der Waals surface area contributed by atoms with Crippen LogP contribution in [0.25, 0.3) is 55.4 Å². The number of rotatable bonds is 3. The van der Waals surface area contributed by atoms with Gasteiger partial charge in [-0.25, -0.2) is 0 Å². The fourth-order valence-corrected chi connectivity index (χ4v) is 7.35. The van der Waals surface area contributed by atoms with Gasteiger partial charge < -0.3 is 19.4 Å². The van der Waals surface area contributed by atoms with Crippen LogP contribution in [0.1, 0.15) is 25.0 Å². The average molecular weight is 825 g/mol. The van der Waals surface area contributed by atoms with E-state index in [9.17, 15) is 0 Å². The minimum absolute atomic E-state index is 0. The second kappa shape index (κ2) is 13.5. The Morgan fingerprint density at radius 3 is 1.94 bits per heavy atom. The predicted molar refractivity (Wildman–Crippen MR) is 203 cm³/mol. The summed E-state index contributed by atoms with van der Waals surface area (Å²) in [5.74, 6) is 0. The molecule has 1 radical (unpaired) electrons. The first-order chi connectivity index (χ1) is 23.9. The maximum Gasteiger partial charge on any atom is 0.0389 e. The molecular formula is C45H36IrN4-2. The summed E-state index contributed by atoms with van der Waals surface area (Å²) in [6.07, 6.45) is 3.67. The van der Waals surface area contributed by atoms with Crippen LogP contribution in [0, 0.1) is 12.1 Å². The Bertz CT molecular complexity index is 2430. The molecule has 0 fully saturated rings. The smallest absolute Gasteiger partial charge is 0.0389 e. The van der Waals surface area contributed by atoms with Crippen molar-refractivity contribution in [3.8, 4) is 33.6 Å². The van der Waals surface area contributed by atoms with Crippen molar-refractivity contribution in [1.29, 1.82) is 0 Å². The first kappa shape index (κ1) is 33.2. The molecule has 5 aromatic carbocycles. The molecule has 0 spiro atoms. The van der Waals surface area contributed by atoms with E-state index in [0.717, 1.165) is 22.5 Å². The normalized spacial score (nSPS) is 12.8. The summed E-state index contributed by atoms with van der Waals surface area (Å²) in [7, 11) is 4.25. The average Bonchev–Trinajstić information content (AvgIpc) is 3.46. The fourth-order valence-electron chi connectivity index (χ4n) is 7.35. The van der Waals surface area contributed by atoms with E-state index in [1.807, 2.05) is 60.9 Å². The van der Waals surface area contributed by atoms with E-state index >= 15 is 0 Å². The van der Waals surface area contributed by atoms with Gasteiger partial charge >= 0.3 is 0 Å². The van der Waals surface area contributed by atoms with Crippen molar-refractivity contribution in [2.75, 3.05) is 11.9 Å². The standard InChI is InChI=1S/C24H17N2.C21H19N2.Ir/c1-26-23-14-13-18(17-8-3-2-4-9-17)16-21(23)19-10-7-11-20(24(19)26)22-12-5-6-15-25-22;1-21(2)16-10-4-5-13-19(16)23(3)20-15(9-8-11-17(20)21)18-12-6-7-14-22-18;/h2-10,12-16H,1H3;4-8,10-14H,1-3H3;/q2*-1;. The van der Waals surface area contributed by atoms with E-state index < -0.39 is 0 Å². The molecule has 9 rings (SSSR count). The molecule has 1 aliphatic heterocycles. The van der Waals surface area contributed by atoms with Gasteiger partial charge in [0.25, 0.3) is 0 Å². The number of anilines is 2. The molecule has 0 atom stereocenters. The van der Waals surface area contributed by atoms with E-state index in [1.54, 1.807) is 0 Å². The van der Waals surface area contributed by atoms with Gasteiger partial charge in [-0.2, -0.15) is 0 Å². The Labute approximate surface area is 307 Å². The zero-order valence-corrected chi connectivity index (χ0v) is 30.9. The monoisotopic (exact) mass is 825 g/mol. The van der Waals surface area contributed by atoms with Gasteiger partial charge in [0.2, 0.25) is 0 Å². The molecule has 0 aliphatic carbocycles. The summed E-state index contributed by atoms with van der Waals surface area (Å²) in [4.78, 5) is 11.3. The van der Waals surface area contributed by atoms with Crippen molar-refractivity contribution < 1.29 is 20.1 Å². The second-order valence-corrected chi connectivity index (χ2v) is 13.0. The summed E-state index contributed by atoms with van der Waals surface area (Å²) in [6, 6.07) is 53.0. The molecule has 3 aromatic heterocycles. The number of hydrogen-bond acceptors (Lipinski definition) is 3. The molecule has 8 aromatic rings. The molecule has 5 heteroatoms. The summed E-state index contributed by atoms with van der Waals surface area (Å²) in [6.45, 7) is 4.58. The Kier molecular flexibility index (Phi) is 8.96. The molecule has 50 heavy (non-hydrogen) atoms. The van der Waals surface area contributed by atoms with Crippen LogP contribution in [-0.2, 0) is 32.6 Å². The first-order valence-corrected chi connectivity index (χ1v) is 16.6. The minimum Gasteiger partial charge on any atom is -0.384 e. The van der Waals surface area contributed by atoms with E-state index in [0.29, 0.717) is 0 Å². The largest absolute Gasteiger partial charge is 0.384 e. The number of aromatic nitrogens is 3. The van der Waals surface area contributed by atoms with Crippen molar-refractivity contribution in [1.82, 2.24) is 14.5 Å². The van der Waals surface area contributed by atoms with Crippen molar-refractivity contribution in [3.05, 3.63) is 169 Å². The van der Waals surface area contributed by atoms with Gasteiger partial charge in [0.15, 0.2) is 0 Å². The van der Waals surface area contributed by atoms with Crippen molar-refractivity contribution in [2.45, 2.75) is 19.3 Å². The SMILES string of the molecule is CN1c2ccccc2C(C)(C)c2cc[c-]c(-c3ccccn3)c21.Cn1c2ccc(-c3ccccc3)cc2c2cc[c-]c(-c3ccccn3)c21.[Ir]. The fraction of sp³-hybridized carbons (Fsp3) is 0.111. The van der Waals surface area contributed by atoms with Gasteiger partial charge in [0, 0.05) is 63.2 Å². The number of nitrogens with zero attached hydrogens (tertiary/aromatic N) is 4. The minimum atomic E-state index is -0.0446. The van der Waals surface area contributed by atoms with Crippen LogP contribution in [0.15, 0.2) is 146 Å². The maximum atomic E-state index is 4.54. The van der Waals surface area contributed by atoms with Crippen LogP contribution >= 0.6 is 0 Å². The van der Waals surface area contributed by atoms with Crippen molar-refractivity contribution in [2.24, 2.45) is 7.05 Å². The molecular weight excluding hydrogens is 789 g/mol. The number of para-hydroxylation sites is 1. The number of hydrogen-bond donors (Lipinski definition) is 0.